The van der Waals surface area contributed by atoms with E-state index < -0.39 is 0 Å². The molecular weight excluding hydrogens is 272 g/mol. The molecule has 0 unspecified atom stereocenters. The molecule has 0 spiro atoms. The van der Waals surface area contributed by atoms with Gasteiger partial charge in [-0.05, 0) is 18.6 Å². The Bertz CT molecular complexity index is 577. The zero-order valence-corrected chi connectivity index (χ0v) is 12.4. The molecule has 0 aliphatic carbocycles. The van der Waals surface area contributed by atoms with E-state index in [1.54, 1.807) is 18.9 Å². The number of benzene rings is 1. The van der Waals surface area contributed by atoms with Gasteiger partial charge in [0.1, 0.15) is 22.9 Å². The topological polar surface area (TPSA) is 73.1 Å². The summed E-state index contributed by atoms with van der Waals surface area (Å²) in [6.45, 7) is 2.12. The van der Waals surface area contributed by atoms with Crippen molar-refractivity contribution in [1.29, 1.82) is 0 Å². The number of anilines is 1. The second kappa shape index (κ2) is 7.12. The largest absolute Gasteiger partial charge is 0.496 e. The zero-order valence-electron chi connectivity index (χ0n) is 11.6. The fourth-order valence-electron chi connectivity index (χ4n) is 1.89. The van der Waals surface area contributed by atoms with Crippen molar-refractivity contribution < 1.29 is 4.74 Å². The third-order valence-corrected chi connectivity index (χ3v) is 3.92. The molecule has 20 heavy (non-hydrogen) atoms. The third kappa shape index (κ3) is 3.20. The maximum atomic E-state index is 5.53. The normalized spacial score (nSPS) is 10.3. The van der Waals surface area contributed by atoms with Crippen molar-refractivity contribution in [2.24, 2.45) is 5.84 Å². The minimum absolute atomic E-state index is 0.680. The Morgan fingerprint density at radius 2 is 2.10 bits per heavy atom. The van der Waals surface area contributed by atoms with Gasteiger partial charge in [0.25, 0.3) is 0 Å². The van der Waals surface area contributed by atoms with Crippen molar-refractivity contribution >= 4 is 17.6 Å². The van der Waals surface area contributed by atoms with Crippen molar-refractivity contribution in [1.82, 2.24) is 9.97 Å². The van der Waals surface area contributed by atoms with Crippen molar-refractivity contribution in [3.63, 3.8) is 0 Å². The summed E-state index contributed by atoms with van der Waals surface area (Å²) in [6, 6.07) is 7.87. The van der Waals surface area contributed by atoms with Crippen LogP contribution >= 0.6 is 11.8 Å². The van der Waals surface area contributed by atoms with Gasteiger partial charge in [0.2, 0.25) is 0 Å². The van der Waals surface area contributed by atoms with E-state index in [4.69, 9.17) is 10.6 Å². The van der Waals surface area contributed by atoms with Crippen LogP contribution in [0.1, 0.15) is 18.9 Å². The van der Waals surface area contributed by atoms with Gasteiger partial charge in [-0.15, -0.1) is 0 Å². The highest BCUT2D eigenvalue weighted by molar-refractivity contribution is 7.99. The predicted molar refractivity (Wildman–Crippen MR) is 81.0 cm³/mol. The molecule has 0 amide bonds. The summed E-state index contributed by atoms with van der Waals surface area (Å²) in [5.74, 6) is 7.04. The maximum Gasteiger partial charge on any atom is 0.147 e. The van der Waals surface area contributed by atoms with Crippen LogP contribution in [0.3, 0.4) is 0 Å². The molecule has 3 N–H and O–H groups in total. The summed E-state index contributed by atoms with van der Waals surface area (Å²) in [5.41, 5.74) is 3.68. The zero-order chi connectivity index (χ0) is 14.4. The quantitative estimate of drug-likeness (QED) is 0.484. The molecule has 106 valence electrons. The number of hydrogen-bond donors (Lipinski definition) is 2. The number of hydrazine groups is 1. The lowest BCUT2D eigenvalue weighted by atomic mass is 10.2. The van der Waals surface area contributed by atoms with Crippen LogP contribution in [0.4, 0.5) is 5.82 Å². The standard InChI is InChI=1S/C14H18N4OS/c1-3-6-10-13(18-15)16-9-17-14(10)20-12-8-5-4-7-11(12)19-2/h4-5,7-9H,3,6,15H2,1-2H3,(H,16,17,18). The molecule has 2 aromatic rings. The number of methoxy groups -OCH3 is 1. The number of ether oxygens (including phenoxy) is 1. The van der Waals surface area contributed by atoms with E-state index in [1.807, 2.05) is 24.3 Å². The van der Waals surface area contributed by atoms with Crippen LogP contribution in [0.5, 0.6) is 5.75 Å². The van der Waals surface area contributed by atoms with Gasteiger partial charge in [-0.25, -0.2) is 15.8 Å². The molecule has 0 atom stereocenters. The lowest BCUT2D eigenvalue weighted by molar-refractivity contribution is 0.405. The highest BCUT2D eigenvalue weighted by Crippen LogP contribution is 2.36. The SMILES string of the molecule is CCCc1c(NN)ncnc1Sc1ccccc1OC. The fourth-order valence-corrected chi connectivity index (χ4v) is 2.92. The second-order valence-corrected chi connectivity index (χ2v) is 5.18. The molecule has 0 saturated carbocycles. The lowest BCUT2D eigenvalue weighted by Gasteiger charge is -2.12. The molecule has 0 aliphatic heterocycles. The summed E-state index contributed by atoms with van der Waals surface area (Å²) < 4.78 is 5.37. The molecule has 0 bridgehead atoms. The van der Waals surface area contributed by atoms with Gasteiger partial charge in [-0.1, -0.05) is 37.2 Å². The van der Waals surface area contributed by atoms with Crippen LogP contribution in [0.2, 0.25) is 0 Å². The molecule has 0 saturated heterocycles. The Morgan fingerprint density at radius 3 is 2.80 bits per heavy atom. The van der Waals surface area contributed by atoms with Gasteiger partial charge in [-0.2, -0.15) is 0 Å². The Kier molecular flexibility index (Phi) is 5.20. The minimum Gasteiger partial charge on any atom is -0.496 e. The van der Waals surface area contributed by atoms with Gasteiger partial charge in [0.05, 0.1) is 12.0 Å². The van der Waals surface area contributed by atoms with Gasteiger partial charge >= 0.3 is 0 Å². The Morgan fingerprint density at radius 1 is 1.30 bits per heavy atom. The molecule has 5 nitrogen and oxygen atoms in total. The first-order valence-corrected chi connectivity index (χ1v) is 7.23. The first-order chi connectivity index (χ1) is 9.80. The van der Waals surface area contributed by atoms with E-state index in [2.05, 4.69) is 22.3 Å². The smallest absolute Gasteiger partial charge is 0.147 e. The lowest BCUT2D eigenvalue weighted by Crippen LogP contribution is -2.12. The third-order valence-electron chi connectivity index (χ3n) is 2.82. The second-order valence-electron chi connectivity index (χ2n) is 4.15. The number of aromatic nitrogens is 2. The fraction of sp³-hybridized carbons (Fsp3) is 0.286. The van der Waals surface area contributed by atoms with Crippen molar-refractivity contribution in [3.05, 3.63) is 36.2 Å². The Labute approximate surface area is 122 Å². The van der Waals surface area contributed by atoms with E-state index in [0.717, 1.165) is 34.1 Å². The van der Waals surface area contributed by atoms with Gasteiger partial charge in [0, 0.05) is 5.56 Å². The first kappa shape index (κ1) is 14.6. The minimum atomic E-state index is 0.680. The van der Waals surface area contributed by atoms with Gasteiger partial charge in [-0.3, -0.25) is 0 Å². The number of rotatable bonds is 6. The van der Waals surface area contributed by atoms with E-state index >= 15 is 0 Å². The van der Waals surface area contributed by atoms with Crippen LogP contribution in [0, 0.1) is 0 Å². The number of nitrogens with two attached hydrogens (primary N) is 1. The molecule has 0 fully saturated rings. The Balaban J connectivity index is 2.37. The number of nitrogens with one attached hydrogen (secondary N) is 1. The summed E-state index contributed by atoms with van der Waals surface area (Å²) in [7, 11) is 1.67. The average Bonchev–Trinajstić information content (AvgIpc) is 2.49. The van der Waals surface area contributed by atoms with Crippen molar-refractivity contribution in [3.8, 4) is 5.75 Å². The van der Waals surface area contributed by atoms with Gasteiger partial charge in [0.15, 0.2) is 0 Å². The average molecular weight is 290 g/mol. The van der Waals surface area contributed by atoms with Crippen molar-refractivity contribution in [2.45, 2.75) is 29.7 Å². The van der Waals surface area contributed by atoms with Crippen LogP contribution in [-0.2, 0) is 6.42 Å². The maximum absolute atomic E-state index is 5.53. The van der Waals surface area contributed by atoms with Crippen molar-refractivity contribution in [2.75, 3.05) is 12.5 Å². The molecule has 0 radical (unpaired) electrons. The summed E-state index contributed by atoms with van der Waals surface area (Å²) in [4.78, 5) is 9.57. The van der Waals surface area contributed by atoms with Crippen LogP contribution in [0.25, 0.3) is 0 Å². The van der Waals surface area contributed by atoms with Gasteiger partial charge < -0.3 is 10.2 Å². The van der Waals surface area contributed by atoms with E-state index in [1.165, 1.54) is 6.33 Å². The molecular formula is C14H18N4OS. The summed E-state index contributed by atoms with van der Waals surface area (Å²) in [6.07, 6.45) is 3.39. The van der Waals surface area contributed by atoms with E-state index in [0.29, 0.717) is 5.82 Å². The highest BCUT2D eigenvalue weighted by atomic mass is 32.2. The first-order valence-electron chi connectivity index (χ1n) is 6.41. The van der Waals surface area contributed by atoms with Crippen LogP contribution in [-0.4, -0.2) is 17.1 Å². The predicted octanol–water partition coefficient (Wildman–Crippen LogP) is 2.87. The number of nitrogen functional groups attached to an aromatic ring is 1. The summed E-state index contributed by atoms with van der Waals surface area (Å²) in [5, 5.41) is 0.902. The molecule has 1 heterocycles. The molecule has 6 heteroatoms. The molecule has 1 aromatic heterocycles. The number of hydrogen-bond acceptors (Lipinski definition) is 6. The molecule has 2 rings (SSSR count). The summed E-state index contributed by atoms with van der Waals surface area (Å²) >= 11 is 1.56. The highest BCUT2D eigenvalue weighted by Gasteiger charge is 2.13. The number of nitrogens with zero attached hydrogens (tertiary/aromatic N) is 2. The van der Waals surface area contributed by atoms with E-state index in [9.17, 15) is 0 Å². The molecule has 1 aromatic carbocycles. The molecule has 0 aliphatic rings. The Hall–Kier alpha value is -1.79. The van der Waals surface area contributed by atoms with E-state index in [-0.39, 0.29) is 0 Å². The number of para-hydroxylation sites is 1. The van der Waals surface area contributed by atoms with Crippen LogP contribution < -0.4 is 16.0 Å². The monoisotopic (exact) mass is 290 g/mol. The van der Waals surface area contributed by atoms with Crippen LogP contribution in [0.15, 0.2) is 40.5 Å².